The van der Waals surface area contributed by atoms with Gasteiger partial charge in [-0.25, -0.2) is 0 Å². The standard InChI is InChI=1S/C16H20BrN3O2/c17-12-6-13(18-7-12)15(21)19-20-16(22)14-10-2-8-1-9(4-10)5-11(14)3-8/h6-11,14,18H,1-5H2,(H,19,21)(H,20,22). The van der Waals surface area contributed by atoms with Crippen molar-refractivity contribution in [3.63, 3.8) is 0 Å². The van der Waals surface area contributed by atoms with Crippen molar-refractivity contribution >= 4 is 27.7 Å². The topological polar surface area (TPSA) is 74.0 Å². The van der Waals surface area contributed by atoms with Crippen molar-refractivity contribution in [2.45, 2.75) is 32.1 Å². The van der Waals surface area contributed by atoms with Crippen molar-refractivity contribution in [2.24, 2.45) is 29.6 Å². The Kier molecular flexibility index (Phi) is 3.51. The summed E-state index contributed by atoms with van der Waals surface area (Å²) in [6.45, 7) is 0. The van der Waals surface area contributed by atoms with Crippen LogP contribution in [0.25, 0.3) is 0 Å². The molecular weight excluding hydrogens is 346 g/mol. The number of rotatable bonds is 2. The molecule has 5 rings (SSSR count). The largest absolute Gasteiger partial charge is 0.356 e. The maximum atomic E-state index is 12.5. The molecule has 1 heterocycles. The van der Waals surface area contributed by atoms with Crippen LogP contribution in [0, 0.1) is 29.6 Å². The number of nitrogens with one attached hydrogen (secondary N) is 3. The fourth-order valence-corrected chi connectivity index (χ4v) is 5.46. The summed E-state index contributed by atoms with van der Waals surface area (Å²) >= 11 is 3.29. The van der Waals surface area contributed by atoms with Crippen molar-refractivity contribution in [1.82, 2.24) is 15.8 Å². The molecule has 4 fully saturated rings. The molecule has 0 unspecified atom stereocenters. The molecule has 0 radical (unpaired) electrons. The zero-order valence-corrected chi connectivity index (χ0v) is 13.9. The lowest BCUT2D eigenvalue weighted by Gasteiger charge is -2.53. The SMILES string of the molecule is O=C(NNC(=O)C1C2CC3CC(C2)CC1C3)c1cc(Br)c[nH]1. The van der Waals surface area contributed by atoms with E-state index in [2.05, 4.69) is 31.8 Å². The van der Waals surface area contributed by atoms with Gasteiger partial charge in [0.15, 0.2) is 0 Å². The first kappa shape index (κ1) is 14.3. The number of H-pyrrole nitrogens is 1. The predicted molar refractivity (Wildman–Crippen MR) is 84.6 cm³/mol. The Morgan fingerprint density at radius 2 is 1.68 bits per heavy atom. The Labute approximate surface area is 137 Å². The summed E-state index contributed by atoms with van der Waals surface area (Å²) in [7, 11) is 0. The third-order valence-electron chi connectivity index (χ3n) is 5.72. The minimum Gasteiger partial charge on any atom is -0.356 e. The molecule has 4 aliphatic rings. The van der Waals surface area contributed by atoms with E-state index in [1.165, 1.54) is 32.1 Å². The van der Waals surface area contributed by atoms with E-state index in [9.17, 15) is 9.59 Å². The van der Waals surface area contributed by atoms with Crippen LogP contribution in [0.5, 0.6) is 0 Å². The van der Waals surface area contributed by atoms with Crippen LogP contribution in [-0.2, 0) is 4.79 Å². The number of hydrogen-bond donors (Lipinski definition) is 3. The van der Waals surface area contributed by atoms with Gasteiger partial charge < -0.3 is 4.98 Å². The Morgan fingerprint density at radius 3 is 2.23 bits per heavy atom. The summed E-state index contributed by atoms with van der Waals surface area (Å²) in [6.07, 6.45) is 7.85. The van der Waals surface area contributed by atoms with Gasteiger partial charge >= 0.3 is 0 Å². The lowest BCUT2D eigenvalue weighted by atomic mass is 9.52. The number of hydrazine groups is 1. The van der Waals surface area contributed by atoms with Gasteiger partial charge in [-0.2, -0.15) is 0 Å². The van der Waals surface area contributed by atoms with E-state index in [4.69, 9.17) is 0 Å². The second-order valence-corrected chi connectivity index (χ2v) is 8.05. The molecule has 0 atom stereocenters. The van der Waals surface area contributed by atoms with Crippen LogP contribution < -0.4 is 10.9 Å². The number of carbonyl (C=O) groups excluding carboxylic acids is 2. The molecule has 0 spiro atoms. The van der Waals surface area contributed by atoms with Gasteiger partial charge in [-0.15, -0.1) is 0 Å². The van der Waals surface area contributed by atoms with Crippen LogP contribution >= 0.6 is 15.9 Å². The molecule has 4 saturated carbocycles. The minimum absolute atomic E-state index is 0.00669. The van der Waals surface area contributed by atoms with Gasteiger partial charge in [0, 0.05) is 16.6 Å². The molecule has 0 aliphatic heterocycles. The monoisotopic (exact) mass is 365 g/mol. The van der Waals surface area contributed by atoms with E-state index < -0.39 is 0 Å². The van der Waals surface area contributed by atoms with Crippen LogP contribution in [0.2, 0.25) is 0 Å². The molecular formula is C16H20BrN3O2. The van der Waals surface area contributed by atoms with Gasteiger partial charge in [-0.1, -0.05) is 0 Å². The average molecular weight is 366 g/mol. The number of aromatic nitrogens is 1. The van der Waals surface area contributed by atoms with Crippen molar-refractivity contribution in [2.75, 3.05) is 0 Å². The molecule has 2 amide bonds. The highest BCUT2D eigenvalue weighted by atomic mass is 79.9. The van der Waals surface area contributed by atoms with Gasteiger partial charge in [0.25, 0.3) is 5.91 Å². The first-order chi connectivity index (χ1) is 10.6. The van der Waals surface area contributed by atoms with Crippen LogP contribution in [-0.4, -0.2) is 16.8 Å². The van der Waals surface area contributed by atoms with Crippen LogP contribution in [0.1, 0.15) is 42.6 Å². The molecule has 4 aliphatic carbocycles. The molecule has 1 aromatic heterocycles. The summed E-state index contributed by atoms with van der Waals surface area (Å²) in [6, 6.07) is 1.68. The van der Waals surface area contributed by atoms with E-state index in [1.807, 2.05) is 0 Å². The van der Waals surface area contributed by atoms with Crippen LogP contribution in [0.3, 0.4) is 0 Å². The normalized spacial score (nSPS) is 35.4. The number of carbonyl (C=O) groups is 2. The summed E-state index contributed by atoms with van der Waals surface area (Å²) in [4.78, 5) is 27.4. The molecule has 4 bridgehead atoms. The van der Waals surface area contributed by atoms with E-state index in [0.29, 0.717) is 17.5 Å². The summed E-state index contributed by atoms with van der Waals surface area (Å²) in [5.74, 6) is 2.49. The average Bonchev–Trinajstić information content (AvgIpc) is 2.90. The summed E-state index contributed by atoms with van der Waals surface area (Å²) < 4.78 is 0.810. The highest BCUT2D eigenvalue weighted by Crippen LogP contribution is 2.56. The Morgan fingerprint density at radius 1 is 1.05 bits per heavy atom. The highest BCUT2D eigenvalue weighted by Gasteiger charge is 2.50. The summed E-state index contributed by atoms with van der Waals surface area (Å²) in [5, 5.41) is 0. The Hall–Kier alpha value is -1.30. The van der Waals surface area contributed by atoms with Crippen molar-refractivity contribution in [3.05, 3.63) is 22.4 Å². The second-order valence-electron chi connectivity index (χ2n) is 7.13. The third-order valence-corrected chi connectivity index (χ3v) is 6.18. The molecule has 0 saturated heterocycles. The molecule has 0 aromatic carbocycles. The molecule has 1 aromatic rings. The maximum absolute atomic E-state index is 12.5. The number of halogens is 1. The molecule has 5 nitrogen and oxygen atoms in total. The minimum atomic E-state index is -0.317. The molecule has 6 heteroatoms. The van der Waals surface area contributed by atoms with E-state index >= 15 is 0 Å². The second kappa shape index (κ2) is 5.41. The lowest BCUT2D eigenvalue weighted by molar-refractivity contribution is -0.138. The van der Waals surface area contributed by atoms with Gasteiger partial charge in [-0.3, -0.25) is 20.4 Å². The Bertz CT molecular complexity index is 584. The van der Waals surface area contributed by atoms with E-state index in [-0.39, 0.29) is 17.7 Å². The van der Waals surface area contributed by atoms with Crippen molar-refractivity contribution < 1.29 is 9.59 Å². The predicted octanol–water partition coefficient (Wildman–Crippen LogP) is 2.61. The van der Waals surface area contributed by atoms with Gasteiger partial charge in [0.05, 0.1) is 0 Å². The van der Waals surface area contributed by atoms with Gasteiger partial charge in [-0.05, 0) is 77.8 Å². The van der Waals surface area contributed by atoms with Gasteiger partial charge in [0.2, 0.25) is 5.91 Å². The van der Waals surface area contributed by atoms with Crippen molar-refractivity contribution in [1.29, 1.82) is 0 Å². The number of hydrogen-bond acceptors (Lipinski definition) is 2. The third kappa shape index (κ3) is 2.47. The van der Waals surface area contributed by atoms with E-state index in [1.54, 1.807) is 12.3 Å². The quantitative estimate of drug-likeness (QED) is 0.704. The first-order valence-corrected chi connectivity index (χ1v) is 8.83. The van der Waals surface area contributed by atoms with Crippen LogP contribution in [0.15, 0.2) is 16.7 Å². The lowest BCUT2D eigenvalue weighted by Crippen LogP contribution is -2.54. The maximum Gasteiger partial charge on any atom is 0.286 e. The smallest absolute Gasteiger partial charge is 0.286 e. The zero-order chi connectivity index (χ0) is 15.3. The van der Waals surface area contributed by atoms with E-state index in [0.717, 1.165) is 16.3 Å². The summed E-state index contributed by atoms with van der Waals surface area (Å²) in [5.41, 5.74) is 5.60. The fraction of sp³-hybridized carbons (Fsp3) is 0.625. The highest BCUT2D eigenvalue weighted by molar-refractivity contribution is 9.10. The van der Waals surface area contributed by atoms with Crippen molar-refractivity contribution in [3.8, 4) is 0 Å². The zero-order valence-electron chi connectivity index (χ0n) is 12.3. The fourth-order valence-electron chi connectivity index (χ4n) is 5.12. The Balaban J connectivity index is 1.37. The number of aromatic amines is 1. The van der Waals surface area contributed by atoms with Crippen LogP contribution in [0.4, 0.5) is 0 Å². The number of amides is 2. The molecule has 3 N–H and O–H groups in total. The van der Waals surface area contributed by atoms with Gasteiger partial charge in [0.1, 0.15) is 5.69 Å². The first-order valence-electron chi connectivity index (χ1n) is 8.04. The molecule has 118 valence electrons. The molecule has 22 heavy (non-hydrogen) atoms.